The fourth-order valence-corrected chi connectivity index (χ4v) is 1.91. The molecule has 0 bridgehead atoms. The lowest BCUT2D eigenvalue weighted by Crippen LogP contribution is -2.45. The third kappa shape index (κ3) is 2.15. The summed E-state index contributed by atoms with van der Waals surface area (Å²) < 4.78 is 26.2. The van der Waals surface area contributed by atoms with Gasteiger partial charge in [0.2, 0.25) is 5.91 Å². The number of carbonyl (C=O) groups excluding carboxylic acids is 1. The summed E-state index contributed by atoms with van der Waals surface area (Å²) in [6, 6.07) is 2.87. The van der Waals surface area contributed by atoms with E-state index in [2.05, 4.69) is 5.32 Å². The van der Waals surface area contributed by atoms with Crippen molar-refractivity contribution in [3.63, 3.8) is 0 Å². The van der Waals surface area contributed by atoms with E-state index in [9.17, 15) is 18.7 Å². The maximum Gasteiger partial charge on any atom is 0.232 e. The third-order valence-corrected chi connectivity index (χ3v) is 3.27. The van der Waals surface area contributed by atoms with Crippen molar-refractivity contribution in [3.8, 4) is 0 Å². The van der Waals surface area contributed by atoms with Crippen LogP contribution in [0, 0.1) is 17.0 Å². The quantitative estimate of drug-likeness (QED) is 0.851. The zero-order valence-electron chi connectivity index (χ0n) is 9.17. The molecule has 0 aromatic heterocycles. The van der Waals surface area contributed by atoms with E-state index in [4.69, 9.17) is 0 Å². The van der Waals surface area contributed by atoms with Crippen LogP contribution in [-0.4, -0.2) is 17.6 Å². The molecule has 0 unspecified atom stereocenters. The van der Waals surface area contributed by atoms with Gasteiger partial charge in [-0.25, -0.2) is 8.78 Å². The van der Waals surface area contributed by atoms with Crippen molar-refractivity contribution in [2.45, 2.75) is 19.3 Å². The molecule has 1 aliphatic rings. The fourth-order valence-electron chi connectivity index (χ4n) is 1.91. The molecule has 92 valence electrons. The molecule has 1 fully saturated rings. The van der Waals surface area contributed by atoms with Gasteiger partial charge in [0.1, 0.15) is 11.6 Å². The maximum absolute atomic E-state index is 13.3. The lowest BCUT2D eigenvalue weighted by molar-refractivity contribution is -0.133. The number of benzene rings is 1. The third-order valence-electron chi connectivity index (χ3n) is 3.27. The number of halogens is 2. The smallest absolute Gasteiger partial charge is 0.232 e. The largest absolute Gasteiger partial charge is 0.395 e. The molecular weight excluding hydrogens is 228 g/mol. The van der Waals surface area contributed by atoms with E-state index >= 15 is 0 Å². The fraction of sp³-hybridized carbons (Fsp3) is 0.417. The highest BCUT2D eigenvalue weighted by atomic mass is 19.1. The highest BCUT2D eigenvalue weighted by Gasteiger charge is 2.43. The number of rotatable bonds is 3. The molecule has 1 aliphatic carbocycles. The number of anilines is 1. The molecule has 2 N–H and O–H groups in total. The molecule has 0 aliphatic heterocycles. The van der Waals surface area contributed by atoms with Gasteiger partial charge in [-0.05, 0) is 25.0 Å². The van der Waals surface area contributed by atoms with Gasteiger partial charge in [-0.3, -0.25) is 4.79 Å². The molecule has 0 atom stereocenters. The Morgan fingerprint density at radius 2 is 2.12 bits per heavy atom. The van der Waals surface area contributed by atoms with Gasteiger partial charge < -0.3 is 10.4 Å². The van der Waals surface area contributed by atoms with Crippen molar-refractivity contribution in [2.75, 3.05) is 11.9 Å². The van der Waals surface area contributed by atoms with Gasteiger partial charge in [0.15, 0.2) is 0 Å². The van der Waals surface area contributed by atoms with Crippen LogP contribution in [0.5, 0.6) is 0 Å². The summed E-state index contributed by atoms with van der Waals surface area (Å²) in [7, 11) is 0. The maximum atomic E-state index is 13.3. The number of nitrogens with one attached hydrogen (secondary N) is 1. The van der Waals surface area contributed by atoms with Crippen LogP contribution in [0.3, 0.4) is 0 Å². The van der Waals surface area contributed by atoms with Crippen LogP contribution < -0.4 is 5.32 Å². The highest BCUT2D eigenvalue weighted by molar-refractivity contribution is 5.96. The van der Waals surface area contributed by atoms with Crippen LogP contribution in [0.1, 0.15) is 19.3 Å². The zero-order chi connectivity index (χ0) is 12.5. The first kappa shape index (κ1) is 12.0. The molecule has 1 saturated carbocycles. The first-order valence-electron chi connectivity index (χ1n) is 5.45. The van der Waals surface area contributed by atoms with Crippen LogP contribution in [0.2, 0.25) is 0 Å². The molecule has 0 heterocycles. The van der Waals surface area contributed by atoms with Crippen molar-refractivity contribution in [2.24, 2.45) is 5.41 Å². The normalized spacial score (nSPS) is 17.4. The van der Waals surface area contributed by atoms with Gasteiger partial charge in [-0.1, -0.05) is 6.42 Å². The summed E-state index contributed by atoms with van der Waals surface area (Å²) in [5.41, 5.74) is -1.01. The number of amides is 1. The molecule has 0 radical (unpaired) electrons. The summed E-state index contributed by atoms with van der Waals surface area (Å²) >= 11 is 0. The molecular formula is C12H13F2NO2. The second-order valence-corrected chi connectivity index (χ2v) is 4.37. The van der Waals surface area contributed by atoms with Crippen LogP contribution in [-0.2, 0) is 4.79 Å². The Hall–Kier alpha value is -1.49. The Bertz CT molecular complexity index is 439. The van der Waals surface area contributed by atoms with Gasteiger partial charge in [0.05, 0.1) is 17.7 Å². The average Bonchev–Trinajstić information content (AvgIpc) is 2.23. The minimum atomic E-state index is -0.821. The van der Waals surface area contributed by atoms with E-state index in [-0.39, 0.29) is 12.3 Å². The van der Waals surface area contributed by atoms with E-state index in [1.54, 1.807) is 0 Å². The van der Waals surface area contributed by atoms with Gasteiger partial charge >= 0.3 is 0 Å². The Kier molecular flexibility index (Phi) is 3.11. The summed E-state index contributed by atoms with van der Waals surface area (Å²) in [6.07, 6.45) is 2.01. The summed E-state index contributed by atoms with van der Waals surface area (Å²) in [5.74, 6) is -1.75. The lowest BCUT2D eigenvalue weighted by Gasteiger charge is -2.38. The molecule has 5 heteroatoms. The summed E-state index contributed by atoms with van der Waals surface area (Å²) in [4.78, 5) is 11.9. The summed E-state index contributed by atoms with van der Waals surface area (Å²) in [6.45, 7) is -0.268. The van der Waals surface area contributed by atoms with Crippen molar-refractivity contribution in [1.29, 1.82) is 0 Å². The molecule has 1 amide bonds. The van der Waals surface area contributed by atoms with E-state index in [1.807, 2.05) is 0 Å². The van der Waals surface area contributed by atoms with E-state index < -0.39 is 23.0 Å². The van der Waals surface area contributed by atoms with Gasteiger partial charge in [0.25, 0.3) is 0 Å². The van der Waals surface area contributed by atoms with Crippen molar-refractivity contribution in [3.05, 3.63) is 29.8 Å². The van der Waals surface area contributed by atoms with E-state index in [0.717, 1.165) is 24.6 Å². The molecule has 1 aromatic rings. The average molecular weight is 241 g/mol. The van der Waals surface area contributed by atoms with Crippen LogP contribution >= 0.6 is 0 Å². The Labute approximate surface area is 97.5 Å². The second kappa shape index (κ2) is 4.41. The van der Waals surface area contributed by atoms with E-state index in [1.165, 1.54) is 0 Å². The van der Waals surface area contributed by atoms with Crippen molar-refractivity contribution in [1.82, 2.24) is 0 Å². The monoisotopic (exact) mass is 241 g/mol. The lowest BCUT2D eigenvalue weighted by atomic mass is 9.68. The predicted octanol–water partition coefficient (Wildman–Crippen LogP) is 2.07. The molecule has 0 saturated heterocycles. The van der Waals surface area contributed by atoms with Crippen molar-refractivity contribution < 1.29 is 18.7 Å². The van der Waals surface area contributed by atoms with Gasteiger partial charge in [0, 0.05) is 6.07 Å². The Morgan fingerprint density at radius 1 is 1.41 bits per heavy atom. The molecule has 0 spiro atoms. The van der Waals surface area contributed by atoms with Crippen LogP contribution in [0.4, 0.5) is 14.5 Å². The SMILES string of the molecule is O=C(Nc1cc(F)ccc1F)C1(CO)CCC1. The summed E-state index contributed by atoms with van der Waals surface area (Å²) in [5, 5.41) is 11.5. The van der Waals surface area contributed by atoms with E-state index in [0.29, 0.717) is 12.8 Å². The number of hydrogen-bond donors (Lipinski definition) is 2. The highest BCUT2D eigenvalue weighted by Crippen LogP contribution is 2.41. The molecule has 17 heavy (non-hydrogen) atoms. The number of hydrogen-bond acceptors (Lipinski definition) is 2. The number of aliphatic hydroxyl groups excluding tert-OH is 1. The standard InChI is InChI=1S/C12H13F2NO2/c13-8-2-3-9(14)10(6-8)15-11(17)12(7-16)4-1-5-12/h2-3,6,16H,1,4-5,7H2,(H,15,17). The predicted molar refractivity (Wildman–Crippen MR) is 58.4 cm³/mol. The second-order valence-electron chi connectivity index (χ2n) is 4.37. The van der Waals surface area contributed by atoms with Crippen LogP contribution in [0.15, 0.2) is 18.2 Å². The first-order valence-corrected chi connectivity index (χ1v) is 5.45. The first-order chi connectivity index (χ1) is 8.07. The van der Waals surface area contributed by atoms with Gasteiger partial charge in [-0.2, -0.15) is 0 Å². The topological polar surface area (TPSA) is 49.3 Å². The molecule has 2 rings (SSSR count). The molecule has 1 aromatic carbocycles. The minimum Gasteiger partial charge on any atom is -0.395 e. The minimum absolute atomic E-state index is 0.185. The number of aliphatic hydroxyl groups is 1. The Balaban J connectivity index is 2.15. The van der Waals surface area contributed by atoms with Crippen LogP contribution in [0.25, 0.3) is 0 Å². The number of carbonyl (C=O) groups is 1. The zero-order valence-corrected chi connectivity index (χ0v) is 9.17. The Morgan fingerprint density at radius 3 is 2.65 bits per heavy atom. The van der Waals surface area contributed by atoms with Crippen molar-refractivity contribution >= 4 is 11.6 Å². The molecule has 3 nitrogen and oxygen atoms in total. The van der Waals surface area contributed by atoms with Gasteiger partial charge in [-0.15, -0.1) is 0 Å².